The van der Waals surface area contributed by atoms with Crippen molar-refractivity contribution in [3.63, 3.8) is 0 Å². The van der Waals surface area contributed by atoms with Gasteiger partial charge in [-0.25, -0.2) is 9.18 Å². The predicted molar refractivity (Wildman–Crippen MR) is 73.3 cm³/mol. The molecule has 3 aliphatic rings. The van der Waals surface area contributed by atoms with Crippen molar-refractivity contribution in [2.24, 2.45) is 0 Å². The van der Waals surface area contributed by atoms with E-state index in [0.717, 1.165) is 32.0 Å². The number of nitrogens with one attached hydrogen (secondary N) is 1. The molecule has 2 aliphatic heterocycles. The molecule has 2 heterocycles. The lowest BCUT2D eigenvalue weighted by Gasteiger charge is -2.33. The van der Waals surface area contributed by atoms with Gasteiger partial charge in [-0.3, -0.25) is 0 Å². The van der Waals surface area contributed by atoms with E-state index in [2.05, 4.69) is 10.2 Å². The number of aliphatic hydroxyl groups is 1. The van der Waals surface area contributed by atoms with Crippen LogP contribution in [0.1, 0.15) is 32.1 Å². The zero-order valence-corrected chi connectivity index (χ0v) is 11.9. The third kappa shape index (κ3) is 3.06. The second-order valence-electron chi connectivity index (χ2n) is 6.47. The van der Waals surface area contributed by atoms with Crippen LogP contribution in [0.25, 0.3) is 0 Å². The highest BCUT2D eigenvalue weighted by Gasteiger charge is 2.40. The lowest BCUT2D eigenvalue weighted by Crippen LogP contribution is -2.49. The van der Waals surface area contributed by atoms with Crippen molar-refractivity contribution in [1.29, 1.82) is 0 Å². The lowest BCUT2D eigenvalue weighted by atomic mass is 10.1. The van der Waals surface area contributed by atoms with Crippen LogP contribution < -0.4 is 5.32 Å². The molecule has 5 nitrogen and oxygen atoms in total. The molecule has 1 unspecified atom stereocenters. The lowest BCUT2D eigenvalue weighted by molar-refractivity contribution is 0.0800. The highest BCUT2D eigenvalue weighted by molar-refractivity contribution is 5.75. The van der Waals surface area contributed by atoms with Gasteiger partial charge >= 0.3 is 6.03 Å². The third-order valence-electron chi connectivity index (χ3n) is 4.79. The predicted octanol–water partition coefficient (Wildman–Crippen LogP) is 0.729. The normalized spacial score (nSPS) is 32.6. The molecule has 1 saturated carbocycles. The summed E-state index contributed by atoms with van der Waals surface area (Å²) in [5, 5.41) is 12.0. The molecular weight excluding hydrogens is 261 g/mol. The number of hydrogen-bond acceptors (Lipinski definition) is 3. The van der Waals surface area contributed by atoms with Crippen LogP contribution in [0.2, 0.25) is 0 Å². The molecule has 0 radical (unpaired) electrons. The average molecular weight is 285 g/mol. The van der Waals surface area contributed by atoms with Crippen LogP contribution in [-0.2, 0) is 0 Å². The summed E-state index contributed by atoms with van der Waals surface area (Å²) in [7, 11) is 0. The zero-order valence-electron chi connectivity index (χ0n) is 11.9. The van der Waals surface area contributed by atoms with Gasteiger partial charge in [-0.2, -0.15) is 0 Å². The van der Waals surface area contributed by atoms with Crippen LogP contribution in [-0.4, -0.2) is 71.5 Å². The van der Waals surface area contributed by atoms with E-state index in [-0.39, 0.29) is 25.0 Å². The van der Waals surface area contributed by atoms with Crippen molar-refractivity contribution in [2.45, 2.75) is 49.9 Å². The first kappa shape index (κ1) is 14.1. The molecule has 2 saturated heterocycles. The van der Waals surface area contributed by atoms with Crippen molar-refractivity contribution in [2.75, 3.05) is 32.8 Å². The molecule has 0 aromatic heterocycles. The topological polar surface area (TPSA) is 55.8 Å². The van der Waals surface area contributed by atoms with Gasteiger partial charge in [-0.1, -0.05) is 0 Å². The van der Waals surface area contributed by atoms with E-state index in [9.17, 15) is 9.18 Å². The summed E-state index contributed by atoms with van der Waals surface area (Å²) in [6.07, 6.45) is 4.85. The fourth-order valence-corrected chi connectivity index (χ4v) is 3.25. The number of nitrogens with zero attached hydrogens (tertiary/aromatic N) is 2. The van der Waals surface area contributed by atoms with E-state index in [1.807, 2.05) is 0 Å². The summed E-state index contributed by atoms with van der Waals surface area (Å²) < 4.78 is 13.9. The fourth-order valence-electron chi connectivity index (χ4n) is 3.25. The summed E-state index contributed by atoms with van der Waals surface area (Å²) in [6, 6.07) is 0.825. The summed E-state index contributed by atoms with van der Waals surface area (Å²) >= 11 is 0. The Morgan fingerprint density at radius 1 is 1.25 bits per heavy atom. The molecule has 114 valence electrons. The van der Waals surface area contributed by atoms with Crippen LogP contribution in [0.15, 0.2) is 0 Å². The standard InChI is InChI=1S/C14H24FN3O2/c15-14(10-19)5-8-18(9-14)13(20)16-11-3-6-17(7-4-11)12-1-2-12/h11-12,19H,1-10H2,(H,16,20). The number of rotatable bonds is 3. The number of hydrogen-bond donors (Lipinski definition) is 2. The van der Waals surface area contributed by atoms with E-state index in [4.69, 9.17) is 5.11 Å². The number of amides is 2. The van der Waals surface area contributed by atoms with E-state index in [1.165, 1.54) is 17.7 Å². The number of urea groups is 1. The van der Waals surface area contributed by atoms with Crippen molar-refractivity contribution >= 4 is 6.03 Å². The van der Waals surface area contributed by atoms with Gasteiger partial charge in [0.15, 0.2) is 5.67 Å². The quantitative estimate of drug-likeness (QED) is 0.804. The molecular formula is C14H24FN3O2. The van der Waals surface area contributed by atoms with Crippen molar-refractivity contribution in [1.82, 2.24) is 15.1 Å². The van der Waals surface area contributed by atoms with Gasteiger partial charge in [-0.15, -0.1) is 0 Å². The summed E-state index contributed by atoms with van der Waals surface area (Å²) in [6.45, 7) is 2.01. The average Bonchev–Trinajstić information content (AvgIpc) is 3.22. The molecule has 0 spiro atoms. The first-order chi connectivity index (χ1) is 9.59. The van der Waals surface area contributed by atoms with E-state index >= 15 is 0 Å². The molecule has 3 rings (SSSR count). The van der Waals surface area contributed by atoms with Crippen molar-refractivity contribution in [3.8, 4) is 0 Å². The Morgan fingerprint density at radius 3 is 2.50 bits per heavy atom. The second-order valence-corrected chi connectivity index (χ2v) is 6.47. The van der Waals surface area contributed by atoms with E-state index in [0.29, 0.717) is 6.54 Å². The first-order valence-electron chi connectivity index (χ1n) is 7.69. The minimum Gasteiger partial charge on any atom is -0.393 e. The molecule has 2 N–H and O–H groups in total. The SMILES string of the molecule is O=C(NC1CCN(C2CC2)CC1)N1CCC(F)(CO)C1. The number of carbonyl (C=O) groups is 1. The first-order valence-corrected chi connectivity index (χ1v) is 7.69. The number of carbonyl (C=O) groups excluding carboxylic acids is 1. The monoisotopic (exact) mass is 285 g/mol. The zero-order chi connectivity index (χ0) is 14.2. The number of alkyl halides is 1. The van der Waals surface area contributed by atoms with E-state index < -0.39 is 12.3 Å². The molecule has 0 aromatic carbocycles. The van der Waals surface area contributed by atoms with E-state index in [1.54, 1.807) is 0 Å². The molecule has 2 amide bonds. The Balaban J connectivity index is 1.43. The van der Waals surface area contributed by atoms with Gasteiger partial charge in [0, 0.05) is 38.1 Å². The summed E-state index contributed by atoms with van der Waals surface area (Å²) in [4.78, 5) is 16.1. The van der Waals surface area contributed by atoms with Crippen LogP contribution in [0.5, 0.6) is 0 Å². The second kappa shape index (κ2) is 5.48. The van der Waals surface area contributed by atoms with Crippen molar-refractivity contribution in [3.05, 3.63) is 0 Å². The minimum atomic E-state index is -1.60. The van der Waals surface area contributed by atoms with Gasteiger partial charge < -0.3 is 20.2 Å². The number of aliphatic hydroxyl groups excluding tert-OH is 1. The third-order valence-corrected chi connectivity index (χ3v) is 4.79. The molecule has 0 aromatic rings. The Bertz CT molecular complexity index is 369. The van der Waals surface area contributed by atoms with Crippen LogP contribution in [0.3, 0.4) is 0 Å². The van der Waals surface area contributed by atoms with Crippen molar-refractivity contribution < 1.29 is 14.3 Å². The molecule has 1 aliphatic carbocycles. The number of likely N-dealkylation sites (tertiary alicyclic amines) is 2. The molecule has 6 heteroatoms. The largest absolute Gasteiger partial charge is 0.393 e. The van der Waals surface area contributed by atoms with Gasteiger partial charge in [0.1, 0.15) is 0 Å². The highest BCUT2D eigenvalue weighted by Crippen LogP contribution is 2.29. The maximum Gasteiger partial charge on any atom is 0.317 e. The molecule has 0 bridgehead atoms. The maximum absolute atomic E-state index is 13.9. The Kier molecular flexibility index (Phi) is 3.86. The van der Waals surface area contributed by atoms with Crippen LogP contribution in [0, 0.1) is 0 Å². The highest BCUT2D eigenvalue weighted by atomic mass is 19.1. The number of halogens is 1. The fraction of sp³-hybridized carbons (Fsp3) is 0.929. The van der Waals surface area contributed by atoms with Gasteiger partial charge in [0.2, 0.25) is 0 Å². The molecule has 20 heavy (non-hydrogen) atoms. The maximum atomic E-state index is 13.9. The van der Waals surface area contributed by atoms with Gasteiger partial charge in [0.25, 0.3) is 0 Å². The Hall–Kier alpha value is -0.880. The molecule has 3 fully saturated rings. The Morgan fingerprint density at radius 2 is 1.95 bits per heavy atom. The minimum absolute atomic E-state index is 0.0102. The summed E-state index contributed by atoms with van der Waals surface area (Å²) in [5.41, 5.74) is -1.60. The smallest absolute Gasteiger partial charge is 0.317 e. The van der Waals surface area contributed by atoms with Crippen LogP contribution >= 0.6 is 0 Å². The number of piperidine rings is 1. The van der Waals surface area contributed by atoms with Gasteiger partial charge in [0.05, 0.1) is 13.2 Å². The Labute approximate surface area is 119 Å². The van der Waals surface area contributed by atoms with Gasteiger partial charge in [-0.05, 0) is 25.7 Å². The molecule has 1 atom stereocenters. The summed E-state index contributed by atoms with van der Waals surface area (Å²) in [5.74, 6) is 0. The van der Waals surface area contributed by atoms with Crippen LogP contribution in [0.4, 0.5) is 9.18 Å².